The van der Waals surface area contributed by atoms with Gasteiger partial charge in [-0.2, -0.15) is 5.26 Å². The summed E-state index contributed by atoms with van der Waals surface area (Å²) in [5, 5.41) is 13.9. The van der Waals surface area contributed by atoms with E-state index in [9.17, 15) is 13.6 Å². The summed E-state index contributed by atoms with van der Waals surface area (Å²) >= 11 is 0. The summed E-state index contributed by atoms with van der Waals surface area (Å²) in [6.45, 7) is 0.137. The molecule has 4 nitrogen and oxygen atoms in total. The smallest absolute Gasteiger partial charge is 0.221 e. The number of carbonyl (C=O) groups excluding carboxylic acids is 1. The van der Waals surface area contributed by atoms with Crippen LogP contribution in [0, 0.1) is 23.0 Å². The molecule has 1 saturated carbocycles. The maximum Gasteiger partial charge on any atom is 0.221 e. The molecule has 0 unspecified atom stereocenters. The van der Waals surface area contributed by atoms with E-state index >= 15 is 0 Å². The fourth-order valence-electron chi connectivity index (χ4n) is 1.64. The van der Waals surface area contributed by atoms with E-state index in [0.717, 1.165) is 25.0 Å². The van der Waals surface area contributed by atoms with Crippen LogP contribution >= 0.6 is 0 Å². The zero-order valence-electron chi connectivity index (χ0n) is 10.2. The van der Waals surface area contributed by atoms with E-state index in [2.05, 4.69) is 10.6 Å². The van der Waals surface area contributed by atoms with Crippen molar-refractivity contribution in [3.63, 3.8) is 0 Å². The van der Waals surface area contributed by atoms with Crippen molar-refractivity contribution in [2.24, 2.45) is 0 Å². The van der Waals surface area contributed by atoms with Crippen LogP contribution in [0.15, 0.2) is 12.1 Å². The molecule has 2 rings (SSSR count). The van der Waals surface area contributed by atoms with Gasteiger partial charge in [0.1, 0.15) is 5.69 Å². The molecule has 0 radical (unpaired) electrons. The van der Waals surface area contributed by atoms with E-state index in [4.69, 9.17) is 5.26 Å². The quantitative estimate of drug-likeness (QED) is 0.854. The highest BCUT2D eigenvalue weighted by atomic mass is 19.1. The molecular formula is C13H13F2N3O. The van der Waals surface area contributed by atoms with Gasteiger partial charge in [-0.15, -0.1) is 0 Å². The van der Waals surface area contributed by atoms with E-state index in [1.165, 1.54) is 0 Å². The van der Waals surface area contributed by atoms with Crippen LogP contribution in [0.3, 0.4) is 0 Å². The number of anilines is 1. The number of halogens is 2. The number of benzene rings is 1. The molecule has 0 bridgehead atoms. The Morgan fingerprint density at radius 2 is 2.00 bits per heavy atom. The van der Waals surface area contributed by atoms with Crippen molar-refractivity contribution in [3.8, 4) is 6.07 Å². The van der Waals surface area contributed by atoms with Crippen molar-refractivity contribution in [2.75, 3.05) is 11.9 Å². The van der Waals surface area contributed by atoms with Gasteiger partial charge in [0, 0.05) is 19.0 Å². The number of amides is 1. The summed E-state index contributed by atoms with van der Waals surface area (Å²) in [5.41, 5.74) is -0.384. The van der Waals surface area contributed by atoms with Crippen molar-refractivity contribution in [1.29, 1.82) is 5.26 Å². The van der Waals surface area contributed by atoms with Crippen LogP contribution in [-0.2, 0) is 4.79 Å². The average Bonchev–Trinajstić information content (AvgIpc) is 3.16. The number of carbonyl (C=O) groups is 1. The van der Waals surface area contributed by atoms with Gasteiger partial charge >= 0.3 is 0 Å². The van der Waals surface area contributed by atoms with Crippen LogP contribution in [0.2, 0.25) is 0 Å². The molecule has 2 N–H and O–H groups in total. The minimum atomic E-state index is -0.834. The molecular weight excluding hydrogens is 252 g/mol. The summed E-state index contributed by atoms with van der Waals surface area (Å²) < 4.78 is 27.0. The van der Waals surface area contributed by atoms with Gasteiger partial charge in [-0.3, -0.25) is 4.79 Å². The monoisotopic (exact) mass is 265 g/mol. The lowest BCUT2D eigenvalue weighted by Gasteiger charge is -2.09. The first-order valence-corrected chi connectivity index (χ1v) is 6.02. The second-order valence-electron chi connectivity index (χ2n) is 4.45. The van der Waals surface area contributed by atoms with Gasteiger partial charge in [0.15, 0.2) is 11.6 Å². The number of rotatable bonds is 5. The van der Waals surface area contributed by atoms with Gasteiger partial charge in [0.05, 0.1) is 11.6 Å². The molecule has 0 spiro atoms. The number of nitriles is 1. The van der Waals surface area contributed by atoms with Gasteiger partial charge in [0.25, 0.3) is 0 Å². The molecule has 0 saturated heterocycles. The van der Waals surface area contributed by atoms with Gasteiger partial charge in [-0.1, -0.05) is 0 Å². The molecule has 1 fully saturated rings. The number of hydrogen-bond donors (Lipinski definition) is 2. The van der Waals surface area contributed by atoms with Crippen LogP contribution in [0.4, 0.5) is 14.5 Å². The molecule has 0 atom stereocenters. The Morgan fingerprint density at radius 1 is 1.37 bits per heavy atom. The number of hydrogen-bond acceptors (Lipinski definition) is 3. The van der Waals surface area contributed by atoms with E-state index in [0.29, 0.717) is 0 Å². The van der Waals surface area contributed by atoms with Crippen molar-refractivity contribution in [3.05, 3.63) is 29.3 Å². The average molecular weight is 265 g/mol. The minimum Gasteiger partial charge on any atom is -0.380 e. The maximum absolute atomic E-state index is 13.5. The molecule has 1 aromatic carbocycles. The fraction of sp³-hybridized carbons (Fsp3) is 0.385. The van der Waals surface area contributed by atoms with Crippen LogP contribution in [0.25, 0.3) is 0 Å². The second kappa shape index (κ2) is 5.65. The zero-order chi connectivity index (χ0) is 13.8. The Balaban J connectivity index is 1.88. The second-order valence-corrected chi connectivity index (χ2v) is 4.45. The highest BCUT2D eigenvalue weighted by Gasteiger charge is 2.22. The van der Waals surface area contributed by atoms with E-state index < -0.39 is 11.6 Å². The van der Waals surface area contributed by atoms with Gasteiger partial charge in [0.2, 0.25) is 5.91 Å². The summed E-state index contributed by atoms with van der Waals surface area (Å²) in [6.07, 6.45) is 2.14. The Morgan fingerprint density at radius 3 is 2.53 bits per heavy atom. The first-order valence-electron chi connectivity index (χ1n) is 6.02. The Labute approximate surface area is 109 Å². The summed E-state index contributed by atoms with van der Waals surface area (Å²) in [7, 11) is 0. The lowest BCUT2D eigenvalue weighted by Crippen LogP contribution is -2.27. The Hall–Kier alpha value is -2.16. The Kier molecular flexibility index (Phi) is 3.95. The topological polar surface area (TPSA) is 64.9 Å². The molecule has 0 aromatic heterocycles. The maximum atomic E-state index is 13.5. The van der Waals surface area contributed by atoms with Crippen LogP contribution in [0.1, 0.15) is 24.8 Å². The molecule has 19 heavy (non-hydrogen) atoms. The molecule has 1 aliphatic rings. The first kappa shape index (κ1) is 13.3. The van der Waals surface area contributed by atoms with Crippen molar-refractivity contribution in [2.45, 2.75) is 25.3 Å². The third kappa shape index (κ3) is 3.65. The lowest BCUT2D eigenvalue weighted by atomic mass is 10.2. The largest absolute Gasteiger partial charge is 0.380 e. The molecule has 0 aliphatic heterocycles. The van der Waals surface area contributed by atoms with Crippen LogP contribution < -0.4 is 10.6 Å². The molecule has 6 heteroatoms. The molecule has 100 valence electrons. The highest BCUT2D eigenvalue weighted by molar-refractivity contribution is 5.77. The van der Waals surface area contributed by atoms with E-state index in [1.54, 1.807) is 6.07 Å². The molecule has 1 amide bonds. The van der Waals surface area contributed by atoms with Crippen molar-refractivity contribution < 1.29 is 13.6 Å². The summed E-state index contributed by atoms with van der Waals surface area (Å²) in [6, 6.07) is 3.85. The van der Waals surface area contributed by atoms with Gasteiger partial charge < -0.3 is 10.6 Å². The predicted molar refractivity (Wildman–Crippen MR) is 65.3 cm³/mol. The van der Waals surface area contributed by atoms with Crippen LogP contribution in [-0.4, -0.2) is 18.5 Å². The number of nitrogens with one attached hydrogen (secondary N) is 2. The highest BCUT2D eigenvalue weighted by Crippen LogP contribution is 2.21. The van der Waals surface area contributed by atoms with E-state index in [1.807, 2.05) is 0 Å². The third-order valence-electron chi connectivity index (χ3n) is 2.77. The summed E-state index contributed by atoms with van der Waals surface area (Å²) in [4.78, 5) is 11.4. The standard InChI is InChI=1S/C13H13F2N3O/c14-10-5-8(7-16)6-11(15)13(10)17-4-3-12(19)18-9-1-2-9/h5-6,9,17H,1-4H2,(H,18,19). The third-order valence-corrected chi connectivity index (χ3v) is 2.77. The van der Waals surface area contributed by atoms with E-state index in [-0.39, 0.29) is 36.2 Å². The fourth-order valence-corrected chi connectivity index (χ4v) is 1.64. The predicted octanol–water partition coefficient (Wildman–Crippen LogP) is 1.92. The first-order chi connectivity index (χ1) is 9.10. The zero-order valence-corrected chi connectivity index (χ0v) is 10.2. The molecule has 1 aromatic rings. The SMILES string of the molecule is N#Cc1cc(F)c(NCCC(=O)NC2CC2)c(F)c1. The van der Waals surface area contributed by atoms with Crippen molar-refractivity contribution >= 4 is 11.6 Å². The molecule has 1 aliphatic carbocycles. The van der Waals surface area contributed by atoms with Crippen molar-refractivity contribution in [1.82, 2.24) is 5.32 Å². The molecule has 0 heterocycles. The Bertz CT molecular complexity index is 512. The lowest BCUT2D eigenvalue weighted by molar-refractivity contribution is -0.120. The van der Waals surface area contributed by atoms with Crippen LogP contribution in [0.5, 0.6) is 0 Å². The normalized spacial score (nSPS) is 13.7. The van der Waals surface area contributed by atoms with Gasteiger partial charge in [-0.25, -0.2) is 8.78 Å². The summed E-state index contributed by atoms with van der Waals surface area (Å²) in [5.74, 6) is -1.80. The minimum absolute atomic E-state index is 0.0768. The number of nitrogens with zero attached hydrogens (tertiary/aromatic N) is 1. The van der Waals surface area contributed by atoms with Gasteiger partial charge in [-0.05, 0) is 25.0 Å².